The van der Waals surface area contributed by atoms with Gasteiger partial charge in [-0.05, 0) is 43.0 Å². The smallest absolute Gasteiger partial charge is 0.319 e. The van der Waals surface area contributed by atoms with E-state index in [1.54, 1.807) is 0 Å². The zero-order valence-corrected chi connectivity index (χ0v) is 14.0. The van der Waals surface area contributed by atoms with Gasteiger partial charge in [-0.3, -0.25) is 0 Å². The number of benzene rings is 2. The second kappa shape index (κ2) is 8.22. The van der Waals surface area contributed by atoms with E-state index in [-0.39, 0.29) is 6.03 Å². The third-order valence-corrected chi connectivity index (χ3v) is 3.72. The summed E-state index contributed by atoms with van der Waals surface area (Å²) in [7, 11) is 0. The lowest BCUT2D eigenvalue weighted by molar-refractivity contribution is 0.247. The topological polar surface area (TPSA) is 50.4 Å². The summed E-state index contributed by atoms with van der Waals surface area (Å²) in [5, 5.41) is 5.76. The quantitative estimate of drug-likeness (QED) is 0.790. The molecule has 0 aliphatic carbocycles. The number of para-hydroxylation sites is 2. The fraction of sp³-hybridized carbons (Fsp3) is 0.316. The van der Waals surface area contributed by atoms with Crippen LogP contribution in [0.5, 0.6) is 5.75 Å². The molecule has 0 aromatic heterocycles. The van der Waals surface area contributed by atoms with Crippen LogP contribution >= 0.6 is 0 Å². The summed E-state index contributed by atoms with van der Waals surface area (Å²) < 4.78 is 5.66. The molecule has 0 spiro atoms. The van der Waals surface area contributed by atoms with Gasteiger partial charge in [-0.15, -0.1) is 0 Å². The number of hydrogen-bond donors (Lipinski definition) is 2. The maximum Gasteiger partial charge on any atom is 0.319 e. The molecule has 2 aromatic carbocycles. The molecular weight excluding hydrogens is 288 g/mol. The van der Waals surface area contributed by atoms with Crippen molar-refractivity contribution in [2.75, 3.05) is 18.5 Å². The van der Waals surface area contributed by atoms with E-state index < -0.39 is 0 Å². The van der Waals surface area contributed by atoms with Crippen LogP contribution in [-0.4, -0.2) is 19.2 Å². The van der Waals surface area contributed by atoms with Crippen molar-refractivity contribution in [1.29, 1.82) is 0 Å². The van der Waals surface area contributed by atoms with E-state index in [2.05, 4.69) is 17.6 Å². The van der Waals surface area contributed by atoms with E-state index >= 15 is 0 Å². The molecule has 0 bridgehead atoms. The van der Waals surface area contributed by atoms with Gasteiger partial charge in [-0.1, -0.05) is 43.3 Å². The fourth-order valence-corrected chi connectivity index (χ4v) is 2.40. The number of nitrogens with one attached hydrogen (secondary N) is 2. The minimum absolute atomic E-state index is 0.206. The number of urea groups is 1. The molecule has 0 fully saturated rings. The number of carbonyl (C=O) groups excluding carboxylic acids is 1. The molecule has 2 aromatic rings. The average molecular weight is 312 g/mol. The normalized spacial score (nSPS) is 10.2. The molecule has 0 heterocycles. The molecule has 0 radical (unpaired) electrons. The molecule has 122 valence electrons. The molecule has 0 unspecified atom stereocenters. The Hall–Kier alpha value is -2.49. The van der Waals surface area contributed by atoms with Crippen LogP contribution in [0.1, 0.15) is 23.6 Å². The average Bonchev–Trinajstić information content (AvgIpc) is 2.55. The first kappa shape index (κ1) is 16.9. The van der Waals surface area contributed by atoms with Crippen LogP contribution in [0.25, 0.3) is 0 Å². The molecule has 0 aliphatic rings. The van der Waals surface area contributed by atoms with Gasteiger partial charge in [0.1, 0.15) is 12.4 Å². The molecule has 4 heteroatoms. The van der Waals surface area contributed by atoms with E-state index in [0.29, 0.717) is 13.2 Å². The zero-order chi connectivity index (χ0) is 16.7. The minimum Gasteiger partial charge on any atom is -0.491 e. The van der Waals surface area contributed by atoms with Gasteiger partial charge in [0.05, 0.1) is 6.54 Å². The van der Waals surface area contributed by atoms with Gasteiger partial charge in [0, 0.05) is 5.69 Å². The Balaban J connectivity index is 1.81. The molecule has 2 N–H and O–H groups in total. The summed E-state index contributed by atoms with van der Waals surface area (Å²) in [6.45, 7) is 6.96. The molecule has 4 nitrogen and oxygen atoms in total. The van der Waals surface area contributed by atoms with Gasteiger partial charge >= 0.3 is 6.03 Å². The van der Waals surface area contributed by atoms with Gasteiger partial charge in [-0.2, -0.15) is 0 Å². The van der Waals surface area contributed by atoms with E-state index in [9.17, 15) is 4.79 Å². The van der Waals surface area contributed by atoms with E-state index in [1.165, 1.54) is 0 Å². The zero-order valence-electron chi connectivity index (χ0n) is 14.0. The predicted octanol–water partition coefficient (Wildman–Crippen LogP) is 4.07. The third kappa shape index (κ3) is 4.74. The highest BCUT2D eigenvalue weighted by Gasteiger charge is 2.08. The number of aryl methyl sites for hydroxylation is 3. The van der Waals surface area contributed by atoms with Crippen LogP contribution in [-0.2, 0) is 6.42 Å². The molecular formula is C19H24N2O2. The van der Waals surface area contributed by atoms with Crippen molar-refractivity contribution >= 4 is 11.7 Å². The molecule has 2 rings (SSSR count). The van der Waals surface area contributed by atoms with Crippen LogP contribution in [0.15, 0.2) is 42.5 Å². The van der Waals surface area contributed by atoms with E-state index in [4.69, 9.17) is 4.74 Å². The number of carbonyl (C=O) groups is 1. The van der Waals surface area contributed by atoms with Crippen LogP contribution in [0.4, 0.5) is 10.5 Å². The van der Waals surface area contributed by atoms with Crippen LogP contribution in [0, 0.1) is 13.8 Å². The summed E-state index contributed by atoms with van der Waals surface area (Å²) >= 11 is 0. The van der Waals surface area contributed by atoms with Crippen LogP contribution in [0.3, 0.4) is 0 Å². The number of ether oxygens (including phenoxy) is 1. The molecule has 0 aliphatic heterocycles. The summed E-state index contributed by atoms with van der Waals surface area (Å²) in [5.74, 6) is 0.849. The number of rotatable bonds is 6. The number of hydrogen-bond acceptors (Lipinski definition) is 2. The van der Waals surface area contributed by atoms with Crippen molar-refractivity contribution in [2.24, 2.45) is 0 Å². The maximum absolute atomic E-state index is 12.0. The van der Waals surface area contributed by atoms with Gasteiger partial charge in [-0.25, -0.2) is 4.79 Å². The minimum atomic E-state index is -0.206. The Bertz CT molecular complexity index is 668. The third-order valence-electron chi connectivity index (χ3n) is 3.72. The van der Waals surface area contributed by atoms with Crippen molar-refractivity contribution in [3.8, 4) is 5.75 Å². The Morgan fingerprint density at radius 3 is 2.52 bits per heavy atom. The SMILES string of the molecule is CCc1cccc(C)c1NC(=O)NCCOc1ccccc1C. The molecule has 0 saturated heterocycles. The lowest BCUT2D eigenvalue weighted by Crippen LogP contribution is -2.32. The fourth-order valence-electron chi connectivity index (χ4n) is 2.40. The summed E-state index contributed by atoms with van der Waals surface area (Å²) in [5.41, 5.74) is 4.18. The lowest BCUT2D eigenvalue weighted by Gasteiger charge is -2.14. The molecule has 23 heavy (non-hydrogen) atoms. The van der Waals surface area contributed by atoms with Crippen molar-refractivity contribution in [3.05, 3.63) is 59.2 Å². The Morgan fingerprint density at radius 1 is 1.04 bits per heavy atom. The van der Waals surface area contributed by atoms with Gasteiger partial charge < -0.3 is 15.4 Å². The summed E-state index contributed by atoms with van der Waals surface area (Å²) in [6, 6.07) is 13.7. The maximum atomic E-state index is 12.0. The molecule has 0 atom stereocenters. The largest absolute Gasteiger partial charge is 0.491 e. The monoisotopic (exact) mass is 312 g/mol. The Labute approximate surface area is 137 Å². The highest BCUT2D eigenvalue weighted by atomic mass is 16.5. The Morgan fingerprint density at radius 2 is 1.78 bits per heavy atom. The Kier molecular flexibility index (Phi) is 6.03. The first-order valence-electron chi connectivity index (χ1n) is 7.93. The molecule has 0 saturated carbocycles. The summed E-state index contributed by atoms with van der Waals surface area (Å²) in [4.78, 5) is 12.0. The second-order valence-corrected chi connectivity index (χ2v) is 5.46. The standard InChI is InChI=1S/C19H24N2O2/c1-4-16-10-7-9-15(3)18(16)21-19(22)20-12-13-23-17-11-6-5-8-14(17)2/h5-11H,4,12-13H2,1-3H3,(H2,20,21,22). The lowest BCUT2D eigenvalue weighted by atomic mass is 10.1. The van der Waals surface area contributed by atoms with Crippen LogP contribution < -0.4 is 15.4 Å². The van der Waals surface area contributed by atoms with Crippen molar-refractivity contribution in [3.63, 3.8) is 0 Å². The predicted molar refractivity (Wildman–Crippen MR) is 94.3 cm³/mol. The van der Waals surface area contributed by atoms with Gasteiger partial charge in [0.25, 0.3) is 0 Å². The van der Waals surface area contributed by atoms with Crippen LogP contribution in [0.2, 0.25) is 0 Å². The van der Waals surface area contributed by atoms with E-state index in [1.807, 2.05) is 56.3 Å². The van der Waals surface area contributed by atoms with Crippen molar-refractivity contribution in [1.82, 2.24) is 5.32 Å². The molecule has 2 amide bonds. The second-order valence-electron chi connectivity index (χ2n) is 5.46. The number of amides is 2. The van der Waals surface area contributed by atoms with E-state index in [0.717, 1.165) is 34.5 Å². The van der Waals surface area contributed by atoms with Crippen molar-refractivity contribution in [2.45, 2.75) is 27.2 Å². The summed E-state index contributed by atoms with van der Waals surface area (Å²) in [6.07, 6.45) is 0.883. The first-order valence-corrected chi connectivity index (χ1v) is 7.93. The highest BCUT2D eigenvalue weighted by molar-refractivity contribution is 5.91. The van der Waals surface area contributed by atoms with Gasteiger partial charge in [0.15, 0.2) is 0 Å². The first-order chi connectivity index (χ1) is 11.1. The highest BCUT2D eigenvalue weighted by Crippen LogP contribution is 2.20. The number of anilines is 1. The van der Waals surface area contributed by atoms with Gasteiger partial charge in [0.2, 0.25) is 0 Å². The van der Waals surface area contributed by atoms with Crippen molar-refractivity contribution < 1.29 is 9.53 Å².